The Balaban J connectivity index is 1.12. The Morgan fingerprint density at radius 2 is 1.68 bits per heavy atom. The minimum absolute atomic E-state index is 0.0553. The van der Waals surface area contributed by atoms with Crippen molar-refractivity contribution in [1.29, 1.82) is 0 Å². The first-order chi connectivity index (χ1) is 17.9. The molecular weight excluding hydrogens is 458 g/mol. The second kappa shape index (κ2) is 11.9. The molecule has 5 aliphatic rings. The summed E-state index contributed by atoms with van der Waals surface area (Å²) in [6, 6.07) is 10.6. The number of unbranched alkanes of at least 4 members (excludes halogenated alkanes) is 1. The first-order valence-electron chi connectivity index (χ1n) is 15.3. The molecule has 204 valence electrons. The van der Waals surface area contributed by atoms with Crippen LogP contribution >= 0.6 is 0 Å². The highest BCUT2D eigenvalue weighted by Crippen LogP contribution is 2.60. The molecule has 0 aromatic heterocycles. The van der Waals surface area contributed by atoms with E-state index in [1.807, 2.05) is 0 Å². The third-order valence-electron chi connectivity index (χ3n) is 9.77. The Morgan fingerprint density at radius 1 is 1.00 bits per heavy atom. The van der Waals surface area contributed by atoms with Crippen LogP contribution in [0.3, 0.4) is 0 Å². The predicted molar refractivity (Wildman–Crippen MR) is 149 cm³/mol. The van der Waals surface area contributed by atoms with Crippen LogP contribution in [-0.2, 0) is 16.0 Å². The van der Waals surface area contributed by atoms with Gasteiger partial charge in [-0.2, -0.15) is 0 Å². The predicted octanol–water partition coefficient (Wildman–Crippen LogP) is 5.34. The van der Waals surface area contributed by atoms with Gasteiger partial charge in [0.05, 0.1) is 6.04 Å². The Morgan fingerprint density at radius 3 is 2.32 bits per heavy atom. The standard InChI is InChI=1S/C32H49N3O2/c1-23(2)15-28(34-31(37)32-19-25-16-26(20-32)18-27(17-25)21-32)22-35-14-8-12-29(35)30(36)33-13-7-6-11-24-9-4-3-5-10-24/h3-5,9-10,23,25-29H,6-8,11-22H2,1-2H3,(H,33,36)(H,34,37)/t25?,26?,27?,28-,29+,32?/m1/s1. The van der Waals surface area contributed by atoms with Gasteiger partial charge in [0.2, 0.25) is 11.8 Å². The van der Waals surface area contributed by atoms with Gasteiger partial charge in [-0.1, -0.05) is 44.2 Å². The third kappa shape index (κ3) is 6.58. The highest BCUT2D eigenvalue weighted by Gasteiger charge is 2.54. The van der Waals surface area contributed by atoms with Crippen LogP contribution in [0.2, 0.25) is 0 Å². The van der Waals surface area contributed by atoms with E-state index >= 15 is 0 Å². The Bertz CT molecular complexity index is 879. The number of aryl methyl sites for hydroxylation is 1. The van der Waals surface area contributed by atoms with Crippen LogP contribution in [0.1, 0.15) is 90.0 Å². The number of nitrogens with one attached hydrogen (secondary N) is 2. The molecular formula is C32H49N3O2. The van der Waals surface area contributed by atoms with Crippen molar-refractivity contribution in [3.05, 3.63) is 35.9 Å². The first-order valence-corrected chi connectivity index (χ1v) is 15.3. The summed E-state index contributed by atoms with van der Waals surface area (Å²) in [6.45, 7) is 6.98. The van der Waals surface area contributed by atoms with Gasteiger partial charge in [-0.05, 0) is 113 Å². The first kappa shape index (κ1) is 26.7. The molecule has 37 heavy (non-hydrogen) atoms. The van der Waals surface area contributed by atoms with E-state index in [-0.39, 0.29) is 23.4 Å². The topological polar surface area (TPSA) is 61.4 Å². The van der Waals surface area contributed by atoms with Crippen molar-refractivity contribution < 1.29 is 9.59 Å². The zero-order valence-corrected chi connectivity index (χ0v) is 23.2. The van der Waals surface area contributed by atoms with Gasteiger partial charge in [-0.15, -0.1) is 0 Å². The van der Waals surface area contributed by atoms with Gasteiger partial charge in [0.25, 0.3) is 0 Å². The number of hydrogen-bond donors (Lipinski definition) is 2. The molecule has 5 nitrogen and oxygen atoms in total. The molecule has 6 rings (SSSR count). The number of carbonyl (C=O) groups is 2. The number of likely N-dealkylation sites (tertiary alicyclic amines) is 1. The fraction of sp³-hybridized carbons (Fsp3) is 0.750. The highest BCUT2D eigenvalue weighted by molar-refractivity contribution is 5.84. The van der Waals surface area contributed by atoms with E-state index in [2.05, 4.69) is 59.7 Å². The molecule has 1 saturated heterocycles. The molecule has 4 aliphatic carbocycles. The van der Waals surface area contributed by atoms with Crippen molar-refractivity contribution in [3.63, 3.8) is 0 Å². The average molecular weight is 508 g/mol. The fourth-order valence-corrected chi connectivity index (χ4v) is 8.53. The average Bonchev–Trinajstić information content (AvgIpc) is 3.31. The van der Waals surface area contributed by atoms with E-state index in [9.17, 15) is 9.59 Å². The van der Waals surface area contributed by atoms with Gasteiger partial charge < -0.3 is 10.6 Å². The number of rotatable bonds is 12. The van der Waals surface area contributed by atoms with Crippen molar-refractivity contribution in [2.75, 3.05) is 19.6 Å². The zero-order chi connectivity index (χ0) is 25.8. The number of benzene rings is 1. The lowest BCUT2D eigenvalue weighted by atomic mass is 9.49. The van der Waals surface area contributed by atoms with Gasteiger partial charge in [0.15, 0.2) is 0 Å². The Kier molecular flexibility index (Phi) is 8.58. The van der Waals surface area contributed by atoms with Gasteiger partial charge in [-0.25, -0.2) is 0 Å². The summed E-state index contributed by atoms with van der Waals surface area (Å²) in [7, 11) is 0. The van der Waals surface area contributed by atoms with E-state index in [1.165, 1.54) is 24.8 Å². The number of hydrogen-bond acceptors (Lipinski definition) is 3. The van der Waals surface area contributed by atoms with E-state index in [1.54, 1.807) is 0 Å². The van der Waals surface area contributed by atoms with Gasteiger partial charge in [0, 0.05) is 24.5 Å². The lowest BCUT2D eigenvalue weighted by Gasteiger charge is -2.56. The monoisotopic (exact) mass is 507 g/mol. The lowest BCUT2D eigenvalue weighted by molar-refractivity contribution is -0.147. The summed E-state index contributed by atoms with van der Waals surface area (Å²) in [4.78, 5) is 29.2. The van der Waals surface area contributed by atoms with E-state index in [0.717, 1.165) is 95.2 Å². The highest BCUT2D eigenvalue weighted by atomic mass is 16.2. The normalized spacial score (nSPS) is 31.5. The van der Waals surface area contributed by atoms with Crippen LogP contribution in [0, 0.1) is 29.1 Å². The van der Waals surface area contributed by atoms with Crippen molar-refractivity contribution in [2.45, 2.75) is 103 Å². The van der Waals surface area contributed by atoms with E-state index < -0.39 is 0 Å². The quantitative estimate of drug-likeness (QED) is 0.376. The second-order valence-electron chi connectivity index (χ2n) is 13.4. The molecule has 4 saturated carbocycles. The molecule has 2 atom stereocenters. The van der Waals surface area contributed by atoms with Crippen molar-refractivity contribution in [3.8, 4) is 0 Å². The van der Waals surface area contributed by atoms with Crippen LogP contribution in [0.25, 0.3) is 0 Å². The van der Waals surface area contributed by atoms with Gasteiger partial charge in [-0.3, -0.25) is 14.5 Å². The van der Waals surface area contributed by atoms with Crippen molar-refractivity contribution >= 4 is 11.8 Å². The van der Waals surface area contributed by atoms with Gasteiger partial charge in [0.1, 0.15) is 0 Å². The smallest absolute Gasteiger partial charge is 0.237 e. The SMILES string of the molecule is CC(C)C[C@H](CN1CCC[C@H]1C(=O)NCCCCc1ccccc1)NC(=O)C12CC3CC(CC(C3)C1)C2. The Hall–Kier alpha value is -1.88. The summed E-state index contributed by atoms with van der Waals surface area (Å²) in [5.41, 5.74) is 1.26. The minimum Gasteiger partial charge on any atom is -0.355 e. The number of carbonyl (C=O) groups excluding carboxylic acids is 2. The summed E-state index contributed by atoms with van der Waals surface area (Å²) in [6.07, 6.45) is 13.5. The lowest BCUT2D eigenvalue weighted by Crippen LogP contribution is -2.57. The van der Waals surface area contributed by atoms with Crippen molar-refractivity contribution in [2.24, 2.45) is 29.1 Å². The summed E-state index contributed by atoms with van der Waals surface area (Å²) in [5, 5.41) is 6.77. The molecule has 1 aromatic carbocycles. The fourth-order valence-electron chi connectivity index (χ4n) is 8.53. The van der Waals surface area contributed by atoms with Crippen LogP contribution in [-0.4, -0.2) is 48.4 Å². The molecule has 1 aliphatic heterocycles. The summed E-state index contributed by atoms with van der Waals surface area (Å²) < 4.78 is 0. The third-order valence-corrected chi connectivity index (χ3v) is 9.77. The molecule has 4 bridgehead atoms. The molecule has 1 heterocycles. The molecule has 0 unspecified atom stereocenters. The van der Waals surface area contributed by atoms with Crippen LogP contribution in [0.5, 0.6) is 0 Å². The maximum atomic E-state index is 13.8. The maximum Gasteiger partial charge on any atom is 0.237 e. The molecule has 2 N–H and O–H groups in total. The molecule has 5 fully saturated rings. The van der Waals surface area contributed by atoms with Gasteiger partial charge >= 0.3 is 0 Å². The molecule has 0 spiro atoms. The van der Waals surface area contributed by atoms with E-state index in [4.69, 9.17) is 0 Å². The van der Waals surface area contributed by atoms with Crippen molar-refractivity contribution in [1.82, 2.24) is 15.5 Å². The maximum absolute atomic E-state index is 13.8. The van der Waals surface area contributed by atoms with Crippen LogP contribution in [0.15, 0.2) is 30.3 Å². The van der Waals surface area contributed by atoms with E-state index in [0.29, 0.717) is 11.8 Å². The van der Waals surface area contributed by atoms with Crippen LogP contribution < -0.4 is 10.6 Å². The zero-order valence-electron chi connectivity index (χ0n) is 23.2. The number of amides is 2. The molecule has 1 aromatic rings. The van der Waals surface area contributed by atoms with Crippen LogP contribution in [0.4, 0.5) is 0 Å². The minimum atomic E-state index is -0.106. The summed E-state index contributed by atoms with van der Waals surface area (Å²) in [5.74, 6) is 3.35. The molecule has 0 radical (unpaired) electrons. The molecule has 2 amide bonds. The Labute approximate surface area is 224 Å². The number of nitrogens with zero attached hydrogens (tertiary/aromatic N) is 1. The summed E-state index contributed by atoms with van der Waals surface area (Å²) >= 11 is 0. The second-order valence-corrected chi connectivity index (χ2v) is 13.4. The largest absolute Gasteiger partial charge is 0.355 e. The molecule has 5 heteroatoms.